The van der Waals surface area contributed by atoms with Crippen LogP contribution in [-0.2, 0) is 0 Å². The van der Waals surface area contributed by atoms with E-state index < -0.39 is 0 Å². The van der Waals surface area contributed by atoms with Gasteiger partial charge in [-0.05, 0) is 29.3 Å². The molecule has 0 bridgehead atoms. The van der Waals surface area contributed by atoms with Crippen LogP contribution in [0.25, 0.3) is 10.1 Å². The molecule has 0 atom stereocenters. The van der Waals surface area contributed by atoms with Gasteiger partial charge in [-0.2, -0.15) is 0 Å². The minimum absolute atomic E-state index is 0. The van der Waals surface area contributed by atoms with Crippen LogP contribution in [0.15, 0.2) is 28.5 Å². The Morgan fingerprint density at radius 3 is 2.67 bits per heavy atom. The quantitative estimate of drug-likeness (QED) is 0.753. The lowest BCUT2D eigenvalue weighted by molar-refractivity contribution is 0.630. The molecule has 1 aromatic carbocycles. The first-order valence-corrected chi connectivity index (χ1v) is 5.91. The maximum atomic E-state index is 12.8. The Morgan fingerprint density at radius 2 is 2.00 bits per heavy atom. The fraction of sp³-hybridized carbons (Fsp3) is 0.200. The van der Waals surface area contributed by atoms with Crippen molar-refractivity contribution >= 4 is 33.2 Å². The Bertz CT molecular complexity index is 428. The predicted molar refractivity (Wildman–Crippen MR) is 65.4 cm³/mol. The molecule has 2 rings (SSSR count). The van der Waals surface area contributed by atoms with Gasteiger partial charge in [0.05, 0.1) is 4.21 Å². The number of halogens is 1. The van der Waals surface area contributed by atoms with Gasteiger partial charge < -0.3 is 11.0 Å². The van der Waals surface area contributed by atoms with Gasteiger partial charge in [0, 0.05) is 4.70 Å². The zero-order valence-electron chi connectivity index (χ0n) is 8.21. The number of fused-ring (bicyclic) bond motifs is 1. The number of thiophene rings is 1. The number of benzene rings is 1. The van der Waals surface area contributed by atoms with E-state index in [0.717, 1.165) is 15.8 Å². The van der Waals surface area contributed by atoms with Gasteiger partial charge in [0.25, 0.3) is 0 Å². The highest BCUT2D eigenvalue weighted by atomic mass is 32.2. The molecule has 0 aliphatic heterocycles. The van der Waals surface area contributed by atoms with Crippen LogP contribution in [0, 0.1) is 5.82 Å². The van der Waals surface area contributed by atoms with Crippen molar-refractivity contribution in [3.8, 4) is 0 Å². The summed E-state index contributed by atoms with van der Waals surface area (Å²) in [5, 5.41) is 1.14. The smallest absolute Gasteiger partial charge is 0.124 e. The fourth-order valence-electron chi connectivity index (χ4n) is 1.19. The third-order valence-corrected chi connectivity index (χ3v) is 3.93. The van der Waals surface area contributed by atoms with Crippen molar-refractivity contribution in [3.63, 3.8) is 0 Å². The minimum Gasteiger partial charge on any atom is -0.412 e. The highest BCUT2D eigenvalue weighted by Crippen LogP contribution is 2.32. The Labute approximate surface area is 95.7 Å². The van der Waals surface area contributed by atoms with E-state index >= 15 is 0 Å². The SMILES string of the molecule is CCSc1cc2ccc(F)cc2s1.O.O. The van der Waals surface area contributed by atoms with Gasteiger partial charge in [-0.3, -0.25) is 0 Å². The van der Waals surface area contributed by atoms with Crippen LogP contribution < -0.4 is 0 Å². The summed E-state index contributed by atoms with van der Waals surface area (Å²) < 4.78 is 15.1. The van der Waals surface area contributed by atoms with E-state index in [2.05, 4.69) is 13.0 Å². The molecule has 1 aromatic heterocycles. The second-order valence-electron chi connectivity index (χ2n) is 2.68. The predicted octanol–water partition coefficient (Wildman–Crippen LogP) is 2.50. The maximum Gasteiger partial charge on any atom is 0.124 e. The van der Waals surface area contributed by atoms with Crippen molar-refractivity contribution in [2.45, 2.75) is 11.1 Å². The van der Waals surface area contributed by atoms with Crippen LogP contribution in [0.3, 0.4) is 0 Å². The number of hydrogen-bond donors (Lipinski definition) is 0. The van der Waals surface area contributed by atoms with Gasteiger partial charge in [0.15, 0.2) is 0 Å². The lowest BCUT2D eigenvalue weighted by Gasteiger charge is -1.87. The van der Waals surface area contributed by atoms with Crippen molar-refractivity contribution in [1.82, 2.24) is 0 Å². The molecule has 0 aliphatic rings. The maximum absolute atomic E-state index is 12.8. The molecule has 2 nitrogen and oxygen atoms in total. The molecule has 0 saturated heterocycles. The second kappa shape index (κ2) is 6.07. The molecular formula is C10H13FO2S2. The third-order valence-electron chi connectivity index (χ3n) is 1.75. The summed E-state index contributed by atoms with van der Waals surface area (Å²) in [6.07, 6.45) is 0. The zero-order valence-corrected chi connectivity index (χ0v) is 9.84. The minimum atomic E-state index is -0.151. The molecule has 0 unspecified atom stereocenters. The molecule has 0 saturated carbocycles. The molecule has 0 aliphatic carbocycles. The Hall–Kier alpha value is -0.620. The van der Waals surface area contributed by atoms with Crippen molar-refractivity contribution < 1.29 is 15.3 Å². The van der Waals surface area contributed by atoms with Gasteiger partial charge in [-0.15, -0.1) is 23.1 Å². The highest BCUT2D eigenvalue weighted by molar-refractivity contribution is 8.01. The summed E-state index contributed by atoms with van der Waals surface area (Å²) >= 11 is 3.46. The van der Waals surface area contributed by atoms with E-state index in [0.29, 0.717) is 0 Å². The molecule has 5 heteroatoms. The van der Waals surface area contributed by atoms with Crippen LogP contribution in [0.1, 0.15) is 6.92 Å². The standard InChI is InChI=1S/C10H9FS2.2H2O/c1-2-12-10-5-7-3-4-8(11)6-9(7)13-10;;/h3-6H,2H2,1H3;2*1H2. The van der Waals surface area contributed by atoms with Crippen molar-refractivity contribution in [3.05, 3.63) is 30.1 Å². The highest BCUT2D eigenvalue weighted by Gasteiger charge is 2.01. The summed E-state index contributed by atoms with van der Waals surface area (Å²) in [6.45, 7) is 2.12. The van der Waals surface area contributed by atoms with Crippen molar-refractivity contribution in [2.75, 3.05) is 5.75 Å². The van der Waals surface area contributed by atoms with Gasteiger partial charge in [-0.25, -0.2) is 4.39 Å². The first-order chi connectivity index (χ1) is 6.29. The lowest BCUT2D eigenvalue weighted by Crippen LogP contribution is -1.68. The van der Waals surface area contributed by atoms with E-state index in [1.54, 1.807) is 29.2 Å². The summed E-state index contributed by atoms with van der Waals surface area (Å²) in [5.74, 6) is 0.914. The van der Waals surface area contributed by atoms with Crippen LogP contribution >= 0.6 is 23.1 Å². The number of rotatable bonds is 2. The second-order valence-corrected chi connectivity index (χ2v) is 5.33. The Balaban J connectivity index is 0.000000980. The number of thioether (sulfide) groups is 1. The first kappa shape index (κ1) is 14.4. The topological polar surface area (TPSA) is 63.0 Å². The van der Waals surface area contributed by atoms with Crippen molar-refractivity contribution in [2.24, 2.45) is 0 Å². The summed E-state index contributed by atoms with van der Waals surface area (Å²) in [5.41, 5.74) is 0. The normalized spacial score (nSPS) is 9.47. The average Bonchev–Trinajstić information content (AvgIpc) is 2.46. The molecule has 4 N–H and O–H groups in total. The molecule has 0 spiro atoms. The molecule has 0 fully saturated rings. The van der Waals surface area contributed by atoms with Crippen LogP contribution in [0.4, 0.5) is 4.39 Å². The van der Waals surface area contributed by atoms with Crippen LogP contribution in [0.2, 0.25) is 0 Å². The van der Waals surface area contributed by atoms with Gasteiger partial charge in [-0.1, -0.05) is 13.0 Å². The largest absolute Gasteiger partial charge is 0.412 e. The Kier molecular flexibility index (Phi) is 5.82. The summed E-state index contributed by atoms with van der Waals surface area (Å²) in [6, 6.07) is 7.06. The van der Waals surface area contributed by atoms with Gasteiger partial charge >= 0.3 is 0 Å². The van der Waals surface area contributed by atoms with E-state index in [-0.39, 0.29) is 16.8 Å². The van der Waals surface area contributed by atoms with E-state index in [9.17, 15) is 4.39 Å². The monoisotopic (exact) mass is 248 g/mol. The lowest BCUT2D eigenvalue weighted by atomic mass is 10.3. The molecule has 1 heterocycles. The van der Waals surface area contributed by atoms with Crippen LogP contribution in [-0.4, -0.2) is 16.7 Å². The number of hydrogen-bond acceptors (Lipinski definition) is 2. The molecule has 0 radical (unpaired) electrons. The molecule has 84 valence electrons. The molecule has 15 heavy (non-hydrogen) atoms. The molecule has 0 amide bonds. The fourth-order valence-corrected chi connectivity index (χ4v) is 3.37. The Morgan fingerprint density at radius 1 is 1.27 bits per heavy atom. The first-order valence-electron chi connectivity index (χ1n) is 4.11. The van der Waals surface area contributed by atoms with E-state index in [1.807, 2.05) is 6.07 Å². The summed E-state index contributed by atoms with van der Waals surface area (Å²) in [4.78, 5) is 0. The summed E-state index contributed by atoms with van der Waals surface area (Å²) in [7, 11) is 0. The van der Waals surface area contributed by atoms with Gasteiger partial charge in [0.1, 0.15) is 5.82 Å². The molecular weight excluding hydrogens is 235 g/mol. The van der Waals surface area contributed by atoms with Crippen LogP contribution in [0.5, 0.6) is 0 Å². The van der Waals surface area contributed by atoms with Crippen molar-refractivity contribution in [1.29, 1.82) is 0 Å². The van der Waals surface area contributed by atoms with E-state index in [1.165, 1.54) is 10.3 Å². The third kappa shape index (κ3) is 3.17. The van der Waals surface area contributed by atoms with E-state index in [4.69, 9.17) is 0 Å². The zero-order chi connectivity index (χ0) is 9.26. The van der Waals surface area contributed by atoms with Gasteiger partial charge in [0.2, 0.25) is 0 Å². The average molecular weight is 248 g/mol. The molecule has 2 aromatic rings.